The lowest BCUT2D eigenvalue weighted by atomic mass is 10.0. The van der Waals surface area contributed by atoms with Crippen LogP contribution in [0.4, 0.5) is 5.95 Å². The van der Waals surface area contributed by atoms with Crippen molar-refractivity contribution in [1.29, 1.82) is 0 Å². The SMILES string of the molecule is CN(C)CCn1nnnc1SCC1=C(C(=O)O)N2C(=O)C(Nc3ncc[nH]3)[C@@H]2SC1. The Hall–Kier alpha value is -2.58. The lowest BCUT2D eigenvalue weighted by Crippen LogP contribution is -2.67. The number of fused-ring (bicyclic) bond motifs is 1. The second-order valence-electron chi connectivity index (χ2n) is 7.00. The van der Waals surface area contributed by atoms with E-state index in [1.54, 1.807) is 17.1 Å². The van der Waals surface area contributed by atoms with Crippen molar-refractivity contribution >= 4 is 41.3 Å². The molecular formula is C16H21N9O3S2. The number of carbonyl (C=O) groups excluding carboxylic acids is 1. The van der Waals surface area contributed by atoms with Gasteiger partial charge in [-0.05, 0) is 30.1 Å². The summed E-state index contributed by atoms with van der Waals surface area (Å²) in [5.74, 6) is 0.00943. The molecule has 4 heterocycles. The summed E-state index contributed by atoms with van der Waals surface area (Å²) < 4.78 is 1.70. The lowest BCUT2D eigenvalue weighted by molar-refractivity contribution is -0.147. The summed E-state index contributed by atoms with van der Waals surface area (Å²) in [7, 11) is 3.93. The zero-order chi connectivity index (χ0) is 21.3. The van der Waals surface area contributed by atoms with E-state index >= 15 is 0 Å². The van der Waals surface area contributed by atoms with Crippen molar-refractivity contribution in [3.63, 3.8) is 0 Å². The first kappa shape index (κ1) is 20.7. The lowest BCUT2D eigenvalue weighted by Gasteiger charge is -2.49. The number of carboxylic acids is 1. The molecule has 1 saturated heterocycles. The first-order chi connectivity index (χ1) is 14.5. The van der Waals surface area contributed by atoms with Gasteiger partial charge in [0.2, 0.25) is 11.1 Å². The minimum absolute atomic E-state index is 0.0565. The molecule has 1 unspecified atom stereocenters. The normalized spacial score (nSPS) is 21.0. The second kappa shape index (κ2) is 8.65. The van der Waals surface area contributed by atoms with Gasteiger partial charge in [0.15, 0.2) is 0 Å². The zero-order valence-corrected chi connectivity index (χ0v) is 18.0. The molecule has 1 amide bonds. The maximum atomic E-state index is 12.7. The number of hydrogen-bond acceptors (Lipinski definition) is 10. The maximum Gasteiger partial charge on any atom is 0.352 e. The van der Waals surface area contributed by atoms with E-state index in [2.05, 4.69) is 30.8 Å². The van der Waals surface area contributed by atoms with E-state index in [9.17, 15) is 14.7 Å². The first-order valence-electron chi connectivity index (χ1n) is 9.15. The van der Waals surface area contributed by atoms with Gasteiger partial charge in [0.25, 0.3) is 5.91 Å². The number of β-lactam (4-membered cyclic amide) rings is 1. The smallest absolute Gasteiger partial charge is 0.352 e. The summed E-state index contributed by atoms with van der Waals surface area (Å²) in [5, 5.41) is 24.9. The van der Waals surface area contributed by atoms with Crippen LogP contribution < -0.4 is 5.32 Å². The molecule has 0 saturated carbocycles. The van der Waals surface area contributed by atoms with Crippen LogP contribution in [-0.2, 0) is 16.1 Å². The van der Waals surface area contributed by atoms with Gasteiger partial charge in [0, 0.05) is 30.4 Å². The molecule has 4 rings (SSSR count). The van der Waals surface area contributed by atoms with Gasteiger partial charge in [-0.1, -0.05) is 11.8 Å². The Morgan fingerprint density at radius 1 is 1.50 bits per heavy atom. The fourth-order valence-electron chi connectivity index (χ4n) is 3.17. The van der Waals surface area contributed by atoms with Gasteiger partial charge in [-0.3, -0.25) is 9.69 Å². The number of tetrazole rings is 1. The number of nitrogens with zero attached hydrogens (tertiary/aromatic N) is 7. The van der Waals surface area contributed by atoms with Gasteiger partial charge in [-0.25, -0.2) is 14.5 Å². The Morgan fingerprint density at radius 2 is 2.33 bits per heavy atom. The van der Waals surface area contributed by atoms with Gasteiger partial charge in [0.1, 0.15) is 17.1 Å². The van der Waals surface area contributed by atoms with Gasteiger partial charge in [-0.15, -0.1) is 16.9 Å². The predicted molar refractivity (Wildman–Crippen MR) is 111 cm³/mol. The van der Waals surface area contributed by atoms with Gasteiger partial charge < -0.3 is 20.3 Å². The average molecular weight is 452 g/mol. The average Bonchev–Trinajstić information content (AvgIpc) is 3.39. The van der Waals surface area contributed by atoms with Crippen molar-refractivity contribution in [2.45, 2.75) is 23.1 Å². The highest BCUT2D eigenvalue weighted by atomic mass is 32.2. The van der Waals surface area contributed by atoms with Crippen molar-refractivity contribution in [3.8, 4) is 0 Å². The Bertz CT molecular complexity index is 959. The van der Waals surface area contributed by atoms with Crippen molar-refractivity contribution < 1.29 is 14.7 Å². The third kappa shape index (κ3) is 4.02. The Kier molecular flexibility index (Phi) is 5.97. The van der Waals surface area contributed by atoms with E-state index in [0.717, 1.165) is 6.54 Å². The maximum absolute atomic E-state index is 12.7. The highest BCUT2D eigenvalue weighted by molar-refractivity contribution is 8.01. The second-order valence-corrected chi connectivity index (χ2v) is 9.05. The summed E-state index contributed by atoms with van der Waals surface area (Å²) in [6.07, 6.45) is 3.24. The molecule has 2 atom stereocenters. The van der Waals surface area contributed by atoms with Crippen LogP contribution in [0.1, 0.15) is 0 Å². The standard InChI is InChI=1S/C16H21N9O3S2/c1-23(2)5-6-24-16(20-21-22-24)30-8-9-7-29-13-10(19-15-17-3-4-18-15)12(26)25(13)11(9)14(27)28/h3-4,10,13H,5-8H2,1-2H3,(H,27,28)(H2,17,18,19)/t10?,13-/m0/s1. The molecule has 0 radical (unpaired) electrons. The number of thioether (sulfide) groups is 2. The summed E-state index contributed by atoms with van der Waals surface area (Å²) in [6.45, 7) is 1.42. The van der Waals surface area contributed by atoms with Crippen LogP contribution in [0.15, 0.2) is 28.8 Å². The number of aromatic amines is 1. The molecule has 1 fully saturated rings. The third-order valence-electron chi connectivity index (χ3n) is 4.67. The van der Waals surface area contributed by atoms with Crippen LogP contribution in [0.3, 0.4) is 0 Å². The van der Waals surface area contributed by atoms with Crippen molar-refractivity contribution in [3.05, 3.63) is 23.7 Å². The van der Waals surface area contributed by atoms with Crippen LogP contribution in [0, 0.1) is 0 Å². The van der Waals surface area contributed by atoms with E-state index in [4.69, 9.17) is 0 Å². The molecule has 0 aliphatic carbocycles. The summed E-state index contributed by atoms with van der Waals surface area (Å²) >= 11 is 2.90. The molecule has 12 nitrogen and oxygen atoms in total. The number of hydrogen-bond donors (Lipinski definition) is 3. The quantitative estimate of drug-likeness (QED) is 0.344. The number of carbonyl (C=O) groups is 2. The molecule has 0 spiro atoms. The van der Waals surface area contributed by atoms with Gasteiger partial charge >= 0.3 is 5.97 Å². The Labute approximate surface area is 180 Å². The molecule has 2 aromatic heterocycles. The molecule has 160 valence electrons. The monoisotopic (exact) mass is 451 g/mol. The highest BCUT2D eigenvalue weighted by Crippen LogP contribution is 2.42. The molecule has 0 aromatic carbocycles. The van der Waals surface area contributed by atoms with E-state index in [0.29, 0.717) is 34.7 Å². The van der Waals surface area contributed by atoms with Gasteiger partial charge in [-0.2, -0.15) is 0 Å². The van der Waals surface area contributed by atoms with E-state index in [-0.39, 0.29) is 17.0 Å². The fourth-order valence-corrected chi connectivity index (χ4v) is 5.56. The zero-order valence-electron chi connectivity index (χ0n) is 16.3. The largest absolute Gasteiger partial charge is 0.477 e. The van der Waals surface area contributed by atoms with E-state index in [1.807, 2.05) is 19.0 Å². The van der Waals surface area contributed by atoms with Crippen LogP contribution in [0.5, 0.6) is 0 Å². The number of rotatable bonds is 9. The summed E-state index contributed by atoms with van der Waals surface area (Å²) in [5.41, 5.74) is 0.738. The highest BCUT2D eigenvalue weighted by Gasteiger charge is 2.53. The van der Waals surface area contributed by atoms with Crippen LogP contribution >= 0.6 is 23.5 Å². The third-order valence-corrected chi connectivity index (χ3v) is 7.06. The molecule has 3 N–H and O–H groups in total. The Balaban J connectivity index is 1.46. The number of amides is 1. The van der Waals surface area contributed by atoms with E-state index in [1.165, 1.54) is 28.4 Å². The van der Waals surface area contributed by atoms with Crippen LogP contribution in [0.2, 0.25) is 0 Å². The number of H-pyrrole nitrogens is 1. The minimum Gasteiger partial charge on any atom is -0.477 e. The number of aromatic nitrogens is 6. The summed E-state index contributed by atoms with van der Waals surface area (Å²) in [6, 6.07) is -0.511. The predicted octanol–water partition coefficient (Wildman–Crippen LogP) is -0.216. The molecular weight excluding hydrogens is 430 g/mol. The molecule has 30 heavy (non-hydrogen) atoms. The number of carboxylic acid groups (broad SMARTS) is 1. The molecule has 2 aliphatic heterocycles. The number of aliphatic carboxylic acids is 1. The molecule has 2 aliphatic rings. The Morgan fingerprint density at radius 3 is 3.03 bits per heavy atom. The van der Waals surface area contributed by atoms with E-state index < -0.39 is 12.0 Å². The van der Waals surface area contributed by atoms with Crippen LogP contribution in [0.25, 0.3) is 0 Å². The fraction of sp³-hybridized carbons (Fsp3) is 0.500. The van der Waals surface area contributed by atoms with Crippen molar-refractivity contribution in [1.82, 2.24) is 40.0 Å². The molecule has 14 heteroatoms. The summed E-state index contributed by atoms with van der Waals surface area (Å²) in [4.78, 5) is 35.0. The van der Waals surface area contributed by atoms with Crippen molar-refractivity contribution in [2.24, 2.45) is 0 Å². The topological polar surface area (TPSA) is 145 Å². The molecule has 2 aromatic rings. The number of likely N-dealkylation sites (N-methyl/N-ethyl adjacent to an activating group) is 1. The molecule has 0 bridgehead atoms. The minimum atomic E-state index is -1.10. The van der Waals surface area contributed by atoms with Crippen LogP contribution in [-0.4, -0.2) is 101 Å². The van der Waals surface area contributed by atoms with Gasteiger partial charge in [0.05, 0.1) is 6.54 Å². The number of imidazole rings is 1. The first-order valence-corrected chi connectivity index (χ1v) is 11.2. The van der Waals surface area contributed by atoms with Crippen molar-refractivity contribution in [2.75, 3.05) is 37.5 Å². The number of anilines is 1. The number of nitrogens with one attached hydrogen (secondary N) is 2.